The fourth-order valence-corrected chi connectivity index (χ4v) is 7.20. The van der Waals surface area contributed by atoms with Crippen LogP contribution in [0.25, 0.3) is 0 Å². The summed E-state index contributed by atoms with van der Waals surface area (Å²) in [5.74, 6) is -0.585. The van der Waals surface area contributed by atoms with Gasteiger partial charge < -0.3 is 24.0 Å². The molecule has 1 rings (SSSR count). The number of likely N-dealkylation sites (tertiary alicyclic amines) is 1. The van der Waals surface area contributed by atoms with Crippen LogP contribution in [0.3, 0.4) is 0 Å². The lowest BCUT2D eigenvalue weighted by Crippen LogP contribution is -2.58. The Kier molecular flexibility index (Phi) is 33.3. The minimum absolute atomic E-state index is 0.0912. The number of carbonyl (C=O) groups is 3. The second-order valence-corrected chi connectivity index (χ2v) is 16.3. The zero-order valence-corrected chi connectivity index (χ0v) is 35.5. The second kappa shape index (κ2) is 35.8. The van der Waals surface area contributed by atoms with E-state index in [4.69, 9.17) is 14.2 Å². The molecule has 53 heavy (non-hydrogen) atoms. The van der Waals surface area contributed by atoms with E-state index in [1.54, 1.807) is 11.9 Å². The molecule has 1 fully saturated rings. The number of hydrogen-bond acceptors (Lipinski definition) is 7. The molecule has 0 unspecified atom stereocenters. The van der Waals surface area contributed by atoms with E-state index in [2.05, 4.69) is 18.7 Å². The van der Waals surface area contributed by atoms with Gasteiger partial charge in [0.25, 0.3) is 0 Å². The van der Waals surface area contributed by atoms with Crippen LogP contribution in [0, 0.1) is 0 Å². The summed E-state index contributed by atoms with van der Waals surface area (Å²) in [7, 11) is 3.73. The summed E-state index contributed by atoms with van der Waals surface area (Å²) in [5, 5.41) is 0. The first kappa shape index (κ1) is 49.2. The summed E-state index contributed by atoms with van der Waals surface area (Å²) < 4.78 is 16.7. The Morgan fingerprint density at radius 1 is 0.509 bits per heavy atom. The van der Waals surface area contributed by atoms with Gasteiger partial charge in [-0.1, -0.05) is 194 Å². The third-order valence-electron chi connectivity index (χ3n) is 11.0. The Morgan fingerprint density at radius 2 is 0.792 bits per heavy atom. The molecule has 0 aromatic carbocycles. The lowest BCUT2D eigenvalue weighted by molar-refractivity contribution is -0.153. The molecule has 312 valence electrons. The fourth-order valence-electron chi connectivity index (χ4n) is 7.20. The van der Waals surface area contributed by atoms with Gasteiger partial charge in [0, 0.05) is 33.0 Å². The van der Waals surface area contributed by atoms with Gasteiger partial charge in [0.1, 0.15) is 13.2 Å². The molecule has 1 aliphatic rings. The molecule has 0 aromatic heterocycles. The number of ether oxygens (including phenoxy) is 3. The van der Waals surface area contributed by atoms with E-state index in [0.29, 0.717) is 12.8 Å². The first-order chi connectivity index (χ1) is 25.9. The van der Waals surface area contributed by atoms with Crippen molar-refractivity contribution in [3.63, 3.8) is 0 Å². The van der Waals surface area contributed by atoms with E-state index in [1.807, 2.05) is 7.05 Å². The van der Waals surface area contributed by atoms with E-state index in [1.165, 1.54) is 154 Å². The summed E-state index contributed by atoms with van der Waals surface area (Å²) in [6.07, 6.45) is 37.7. The average Bonchev–Trinajstić information content (AvgIpc) is 3.14. The molecule has 1 saturated heterocycles. The number of carbonyl (C=O) groups excluding carboxylic acids is 3. The number of rotatable bonds is 38. The van der Waals surface area contributed by atoms with E-state index >= 15 is 0 Å². The van der Waals surface area contributed by atoms with Crippen molar-refractivity contribution in [1.82, 2.24) is 9.80 Å². The normalized spacial score (nSPS) is 13.3. The van der Waals surface area contributed by atoms with Gasteiger partial charge in [-0.2, -0.15) is 0 Å². The molecule has 1 heterocycles. The van der Waals surface area contributed by atoms with Crippen molar-refractivity contribution in [3.8, 4) is 0 Å². The van der Waals surface area contributed by atoms with Gasteiger partial charge in [-0.3, -0.25) is 9.59 Å². The number of amides is 1. The summed E-state index contributed by atoms with van der Waals surface area (Å²) >= 11 is 0. The van der Waals surface area contributed by atoms with Crippen LogP contribution in [0.4, 0.5) is 4.79 Å². The summed E-state index contributed by atoms with van der Waals surface area (Å²) in [6, 6.07) is 0.0912. The van der Waals surface area contributed by atoms with Gasteiger partial charge in [0.15, 0.2) is 6.10 Å². The molecule has 1 aliphatic heterocycles. The number of hydrogen-bond donors (Lipinski definition) is 0. The number of nitrogens with zero attached hydrogens (tertiary/aromatic N) is 2. The van der Waals surface area contributed by atoms with Crippen LogP contribution < -0.4 is 0 Å². The van der Waals surface area contributed by atoms with E-state index in [9.17, 15) is 14.4 Å². The maximum Gasteiger partial charge on any atom is 0.410 e. The molecule has 8 heteroatoms. The molecule has 0 aliphatic carbocycles. The minimum atomic E-state index is -0.822. The summed E-state index contributed by atoms with van der Waals surface area (Å²) in [5.41, 5.74) is 0. The largest absolute Gasteiger partial charge is 0.462 e. The molecule has 0 aromatic rings. The zero-order valence-electron chi connectivity index (χ0n) is 35.5. The maximum absolute atomic E-state index is 12.8. The van der Waals surface area contributed by atoms with Crippen LogP contribution in [-0.4, -0.2) is 80.4 Å². The van der Waals surface area contributed by atoms with Gasteiger partial charge in [-0.25, -0.2) is 4.79 Å². The highest BCUT2D eigenvalue weighted by Gasteiger charge is 2.32. The molecule has 1 amide bonds. The highest BCUT2D eigenvalue weighted by atomic mass is 16.6. The van der Waals surface area contributed by atoms with Gasteiger partial charge in [0.05, 0.1) is 6.04 Å². The summed E-state index contributed by atoms with van der Waals surface area (Å²) in [6.45, 7) is 5.91. The van der Waals surface area contributed by atoms with Crippen molar-refractivity contribution in [2.75, 3.05) is 40.4 Å². The van der Waals surface area contributed by atoms with Crippen molar-refractivity contribution in [1.29, 1.82) is 0 Å². The molecule has 0 atom stereocenters. The molecule has 0 saturated carbocycles. The molecule has 0 N–H and O–H groups in total. The highest BCUT2D eigenvalue weighted by molar-refractivity contribution is 5.70. The van der Waals surface area contributed by atoms with Crippen LogP contribution in [0.15, 0.2) is 0 Å². The van der Waals surface area contributed by atoms with Gasteiger partial charge in [0.2, 0.25) is 0 Å². The molecular formula is C45H86N2O6. The first-order valence-corrected chi connectivity index (χ1v) is 22.8. The van der Waals surface area contributed by atoms with Gasteiger partial charge >= 0.3 is 18.0 Å². The minimum Gasteiger partial charge on any atom is -0.462 e. The Bertz CT molecular complexity index is 814. The SMILES string of the molecule is CCCCCCCCCCCCCCCCCC(=O)OCC(COC(=O)CCCCCCCCCCCCCCCCC)OC(=O)N(C)C1CN(C)C1. The molecule has 8 nitrogen and oxygen atoms in total. The predicted molar refractivity (Wildman–Crippen MR) is 220 cm³/mol. The van der Waals surface area contributed by atoms with Crippen LogP contribution in [0.5, 0.6) is 0 Å². The topological polar surface area (TPSA) is 85.4 Å². The Morgan fingerprint density at radius 3 is 1.08 bits per heavy atom. The number of unbranched alkanes of at least 4 members (excludes halogenated alkanes) is 28. The second-order valence-electron chi connectivity index (χ2n) is 16.3. The Hall–Kier alpha value is -1.83. The summed E-state index contributed by atoms with van der Waals surface area (Å²) in [4.78, 5) is 41.6. The van der Waals surface area contributed by atoms with Crippen LogP contribution >= 0.6 is 0 Å². The van der Waals surface area contributed by atoms with Crippen molar-refractivity contribution in [2.45, 2.75) is 231 Å². The van der Waals surface area contributed by atoms with E-state index < -0.39 is 12.2 Å². The third kappa shape index (κ3) is 30.1. The van der Waals surface area contributed by atoms with Crippen molar-refractivity contribution >= 4 is 18.0 Å². The lowest BCUT2D eigenvalue weighted by atomic mass is 10.0. The molecular weight excluding hydrogens is 665 g/mol. The number of esters is 2. The monoisotopic (exact) mass is 751 g/mol. The van der Waals surface area contributed by atoms with Crippen molar-refractivity contribution in [2.24, 2.45) is 0 Å². The quantitative estimate of drug-likeness (QED) is 0.0353. The van der Waals surface area contributed by atoms with Gasteiger partial charge in [-0.05, 0) is 19.9 Å². The zero-order chi connectivity index (χ0) is 38.6. The molecule has 0 radical (unpaired) electrons. The van der Waals surface area contributed by atoms with Crippen molar-refractivity contribution in [3.05, 3.63) is 0 Å². The smallest absolute Gasteiger partial charge is 0.410 e. The third-order valence-corrected chi connectivity index (χ3v) is 11.0. The maximum atomic E-state index is 12.8. The Balaban J connectivity index is 2.18. The standard InChI is InChI=1S/C45H86N2O6/c1-5-7-9-11-13-15-17-19-21-23-25-27-29-31-33-35-43(48)51-39-42(53-45(50)47(4)41-37-46(3)38-41)40-52-44(49)36-34-32-30-28-26-24-22-20-18-16-14-12-10-8-6-2/h41-42H,5-40H2,1-4H3. The van der Waals surface area contributed by atoms with Crippen LogP contribution in [0.1, 0.15) is 219 Å². The fraction of sp³-hybridized carbons (Fsp3) is 0.933. The molecule has 0 bridgehead atoms. The highest BCUT2D eigenvalue weighted by Crippen LogP contribution is 2.17. The lowest BCUT2D eigenvalue weighted by Gasteiger charge is -2.41. The number of likely N-dealkylation sites (N-methyl/N-ethyl adjacent to an activating group) is 2. The Labute approximate surface area is 327 Å². The first-order valence-electron chi connectivity index (χ1n) is 22.8. The predicted octanol–water partition coefficient (Wildman–Crippen LogP) is 12.3. The van der Waals surface area contributed by atoms with E-state index in [-0.39, 0.29) is 31.2 Å². The van der Waals surface area contributed by atoms with Crippen molar-refractivity contribution < 1.29 is 28.6 Å². The van der Waals surface area contributed by atoms with Crippen LogP contribution in [0.2, 0.25) is 0 Å². The van der Waals surface area contributed by atoms with E-state index in [0.717, 1.165) is 51.6 Å². The average molecular weight is 751 g/mol. The molecule has 0 spiro atoms. The van der Waals surface area contributed by atoms with Crippen LogP contribution in [-0.2, 0) is 23.8 Å². The van der Waals surface area contributed by atoms with Gasteiger partial charge in [-0.15, -0.1) is 0 Å².